The Bertz CT molecular complexity index is 1010. The van der Waals surface area contributed by atoms with Crippen LogP contribution in [0.2, 0.25) is 0 Å². The van der Waals surface area contributed by atoms with Crippen LogP contribution in [-0.2, 0) is 7.05 Å². The van der Waals surface area contributed by atoms with E-state index in [1.54, 1.807) is 18.1 Å². The zero-order chi connectivity index (χ0) is 19.3. The topological polar surface area (TPSA) is 76.2 Å². The molecule has 7 nitrogen and oxygen atoms in total. The minimum Gasteiger partial charge on any atom is -0.389 e. The molecule has 0 unspecified atom stereocenters. The van der Waals surface area contributed by atoms with Gasteiger partial charge in [-0.3, -0.25) is 4.79 Å². The van der Waals surface area contributed by atoms with Gasteiger partial charge in [-0.2, -0.15) is 0 Å². The van der Waals surface area contributed by atoms with Crippen molar-refractivity contribution in [1.29, 1.82) is 0 Å². The van der Waals surface area contributed by atoms with Crippen molar-refractivity contribution in [3.8, 4) is 0 Å². The van der Waals surface area contributed by atoms with Crippen molar-refractivity contribution in [3.63, 3.8) is 0 Å². The summed E-state index contributed by atoms with van der Waals surface area (Å²) in [6.07, 6.45) is 4.60. The number of fused-ring (bicyclic) bond motifs is 1. The summed E-state index contributed by atoms with van der Waals surface area (Å²) in [5.74, 6) is 1.70. The fourth-order valence-electron chi connectivity index (χ4n) is 4.21. The zero-order valence-corrected chi connectivity index (χ0v) is 16.1. The molecule has 1 saturated carbocycles. The average molecular weight is 367 g/mol. The van der Waals surface area contributed by atoms with Crippen LogP contribution in [0.15, 0.2) is 30.6 Å². The summed E-state index contributed by atoms with van der Waals surface area (Å²) in [6.45, 7) is 3.87. The maximum Gasteiger partial charge on any atom is 0.254 e. The summed E-state index contributed by atoms with van der Waals surface area (Å²) in [7, 11) is 3.73. The Kier molecular flexibility index (Phi) is 4.26. The monoisotopic (exact) mass is 367 g/mol. The molecule has 1 aliphatic rings. The smallest absolute Gasteiger partial charge is 0.254 e. The lowest BCUT2D eigenvalue weighted by atomic mass is 10.1. The molecule has 1 amide bonds. The van der Waals surface area contributed by atoms with Crippen molar-refractivity contribution in [2.45, 2.75) is 44.9 Å². The molecule has 0 aliphatic heterocycles. The first kappa shape index (κ1) is 17.7. The summed E-state index contributed by atoms with van der Waals surface area (Å²) in [4.78, 5) is 23.5. The van der Waals surface area contributed by atoms with Crippen molar-refractivity contribution in [2.24, 2.45) is 7.05 Å². The predicted octanol–water partition coefficient (Wildman–Crippen LogP) is 2.22. The molecule has 0 radical (unpaired) electrons. The van der Waals surface area contributed by atoms with E-state index >= 15 is 0 Å². The molecule has 1 N–H and O–H groups in total. The molecule has 1 aliphatic carbocycles. The minimum absolute atomic E-state index is 0.0475. The van der Waals surface area contributed by atoms with Crippen LogP contribution >= 0.6 is 0 Å². The van der Waals surface area contributed by atoms with Gasteiger partial charge in [0.05, 0.1) is 29.2 Å². The number of benzene rings is 1. The van der Waals surface area contributed by atoms with Gasteiger partial charge in [0.1, 0.15) is 11.6 Å². The van der Waals surface area contributed by atoms with Gasteiger partial charge in [-0.15, -0.1) is 0 Å². The third kappa shape index (κ3) is 2.82. The molecule has 0 bridgehead atoms. The van der Waals surface area contributed by atoms with Gasteiger partial charge in [0.2, 0.25) is 0 Å². The molecule has 1 aromatic carbocycles. The first-order chi connectivity index (χ1) is 12.9. The van der Waals surface area contributed by atoms with E-state index in [1.165, 1.54) is 0 Å². The van der Waals surface area contributed by atoms with E-state index < -0.39 is 6.10 Å². The highest BCUT2D eigenvalue weighted by Crippen LogP contribution is 2.34. The summed E-state index contributed by atoms with van der Waals surface area (Å²) in [6, 6.07) is 5.33. The van der Waals surface area contributed by atoms with Crippen molar-refractivity contribution >= 4 is 16.9 Å². The number of hydrogen-bond acceptors (Lipinski definition) is 4. The molecule has 27 heavy (non-hydrogen) atoms. The third-order valence-electron chi connectivity index (χ3n) is 5.94. The number of carbonyl (C=O) groups excluding carboxylic acids is 1. The van der Waals surface area contributed by atoms with Gasteiger partial charge in [-0.1, -0.05) is 0 Å². The minimum atomic E-state index is -0.618. The van der Waals surface area contributed by atoms with E-state index in [-0.39, 0.29) is 18.0 Å². The average Bonchev–Trinajstić information content (AvgIpc) is 3.32. The lowest BCUT2D eigenvalue weighted by Crippen LogP contribution is -2.43. The number of aliphatic hydroxyl groups is 1. The predicted molar refractivity (Wildman–Crippen MR) is 103 cm³/mol. The fourth-order valence-corrected chi connectivity index (χ4v) is 4.21. The Labute approximate surface area is 158 Å². The van der Waals surface area contributed by atoms with Crippen LogP contribution in [0.25, 0.3) is 11.0 Å². The number of aliphatic hydroxyl groups excluding tert-OH is 1. The van der Waals surface area contributed by atoms with Gasteiger partial charge >= 0.3 is 0 Å². The van der Waals surface area contributed by atoms with E-state index in [1.807, 2.05) is 54.4 Å². The second-order valence-electron chi connectivity index (χ2n) is 7.42. The molecule has 0 saturated heterocycles. The molecule has 0 spiro atoms. The lowest BCUT2D eigenvalue weighted by molar-refractivity contribution is 0.0441. The zero-order valence-electron chi connectivity index (χ0n) is 16.1. The second-order valence-corrected chi connectivity index (χ2v) is 7.42. The van der Waals surface area contributed by atoms with Gasteiger partial charge in [-0.25, -0.2) is 9.97 Å². The van der Waals surface area contributed by atoms with Crippen molar-refractivity contribution in [3.05, 3.63) is 47.8 Å². The molecule has 3 atom stereocenters. The van der Waals surface area contributed by atoms with Crippen LogP contribution in [-0.4, -0.2) is 54.2 Å². The quantitative estimate of drug-likeness (QED) is 0.770. The Hall–Kier alpha value is -2.67. The van der Waals surface area contributed by atoms with Gasteiger partial charge < -0.3 is 19.1 Å². The molecule has 1 fully saturated rings. The third-order valence-corrected chi connectivity index (χ3v) is 5.94. The molecule has 142 valence electrons. The molecule has 7 heteroatoms. The molecule has 4 rings (SSSR count). The first-order valence-corrected chi connectivity index (χ1v) is 9.26. The van der Waals surface area contributed by atoms with E-state index in [9.17, 15) is 9.90 Å². The molecular formula is C20H25N5O2. The van der Waals surface area contributed by atoms with Crippen LogP contribution in [0.1, 0.15) is 40.9 Å². The lowest BCUT2D eigenvalue weighted by Gasteiger charge is -2.29. The van der Waals surface area contributed by atoms with E-state index in [4.69, 9.17) is 0 Å². The van der Waals surface area contributed by atoms with Crippen LogP contribution in [0.4, 0.5) is 0 Å². The van der Waals surface area contributed by atoms with Crippen molar-refractivity contribution in [1.82, 2.24) is 24.0 Å². The molecule has 3 aromatic rings. The number of hydrogen-bond donors (Lipinski definition) is 1. The standard InChI is InChI=1S/C20H25N5O2/c1-12-21-9-10-25(12)18-8-7-17(19(18)26)24(4)20(27)14-5-6-16-15(11-14)22-13(2)23(16)3/h5-6,9-11,17-19,26H,7-8H2,1-4H3/t17-,18-,19-/m1/s1. The number of amides is 1. The Morgan fingerprint density at radius 3 is 2.74 bits per heavy atom. The second kappa shape index (κ2) is 6.49. The van der Waals surface area contributed by atoms with Gasteiger partial charge in [0.25, 0.3) is 5.91 Å². The highest BCUT2D eigenvalue weighted by molar-refractivity contribution is 5.97. The Balaban J connectivity index is 1.56. The number of imidazole rings is 2. The number of likely N-dealkylation sites (N-methyl/N-ethyl adjacent to an activating group) is 1. The van der Waals surface area contributed by atoms with Crippen LogP contribution < -0.4 is 0 Å². The van der Waals surface area contributed by atoms with Crippen LogP contribution in [0, 0.1) is 13.8 Å². The summed E-state index contributed by atoms with van der Waals surface area (Å²) < 4.78 is 4.01. The number of aryl methyl sites for hydroxylation is 3. The highest BCUT2D eigenvalue weighted by atomic mass is 16.3. The number of aromatic nitrogens is 4. The molecule has 2 aromatic heterocycles. The number of nitrogens with zero attached hydrogens (tertiary/aromatic N) is 5. The van der Waals surface area contributed by atoms with Crippen molar-refractivity contribution in [2.75, 3.05) is 7.05 Å². The number of rotatable bonds is 3. The van der Waals surface area contributed by atoms with Crippen molar-refractivity contribution < 1.29 is 9.90 Å². The largest absolute Gasteiger partial charge is 0.389 e. The van der Waals surface area contributed by atoms with E-state index in [0.29, 0.717) is 5.56 Å². The maximum atomic E-state index is 13.0. The normalized spacial score (nSPS) is 22.5. The molecular weight excluding hydrogens is 342 g/mol. The SMILES string of the molecule is Cc1nccn1[C@@H]1CC[C@@H](N(C)C(=O)c2ccc3c(c2)nc(C)n3C)[C@H]1O. The van der Waals surface area contributed by atoms with Crippen LogP contribution in [0.3, 0.4) is 0 Å². The molecule has 2 heterocycles. The summed E-state index contributed by atoms with van der Waals surface area (Å²) in [5, 5.41) is 10.9. The maximum absolute atomic E-state index is 13.0. The Morgan fingerprint density at radius 2 is 2.04 bits per heavy atom. The fraction of sp³-hybridized carbons (Fsp3) is 0.450. The van der Waals surface area contributed by atoms with Crippen LogP contribution in [0.5, 0.6) is 0 Å². The number of carbonyl (C=O) groups is 1. The van der Waals surface area contributed by atoms with E-state index in [2.05, 4.69) is 9.97 Å². The highest BCUT2D eigenvalue weighted by Gasteiger charge is 2.40. The van der Waals surface area contributed by atoms with Gasteiger partial charge in [-0.05, 0) is 44.9 Å². The summed E-state index contributed by atoms with van der Waals surface area (Å²) in [5.41, 5.74) is 2.41. The Morgan fingerprint density at radius 1 is 1.26 bits per heavy atom. The van der Waals surface area contributed by atoms with Gasteiger partial charge in [0.15, 0.2) is 0 Å². The summed E-state index contributed by atoms with van der Waals surface area (Å²) >= 11 is 0. The van der Waals surface area contributed by atoms with Gasteiger partial charge in [0, 0.05) is 32.1 Å². The first-order valence-electron chi connectivity index (χ1n) is 9.26. The van der Waals surface area contributed by atoms with E-state index in [0.717, 1.165) is 35.5 Å².